The van der Waals surface area contributed by atoms with Crippen LogP contribution in [0.2, 0.25) is 0 Å². The lowest BCUT2D eigenvalue weighted by Gasteiger charge is -2.28. The van der Waals surface area contributed by atoms with Gasteiger partial charge in [-0.1, -0.05) is 0 Å². The van der Waals surface area contributed by atoms with Crippen molar-refractivity contribution in [1.82, 2.24) is 4.90 Å². The Bertz CT molecular complexity index is 280. The fourth-order valence-corrected chi connectivity index (χ4v) is 1.86. The number of esters is 1. The summed E-state index contributed by atoms with van der Waals surface area (Å²) in [6.45, 7) is 7.17. The Morgan fingerprint density at radius 2 is 2.00 bits per heavy atom. The van der Waals surface area contributed by atoms with Crippen LogP contribution in [0.1, 0.15) is 40.0 Å². The predicted molar refractivity (Wildman–Crippen MR) is 60.4 cm³/mol. The lowest BCUT2D eigenvalue weighted by molar-refractivity contribution is -0.156. The summed E-state index contributed by atoms with van der Waals surface area (Å²) in [5.41, 5.74) is -0.398. The van der Waals surface area contributed by atoms with Gasteiger partial charge in [-0.2, -0.15) is 5.26 Å². The summed E-state index contributed by atoms with van der Waals surface area (Å²) < 4.78 is 5.28. The standard InChI is InChI=1S/C12H20N2O2/c1-12(2,3)16-11(15)8-10-4-6-14(9-13)7-5-10/h10H,4-8H2,1-3H3. The molecule has 0 aromatic rings. The molecule has 0 unspecified atom stereocenters. The van der Waals surface area contributed by atoms with Crippen LogP contribution < -0.4 is 0 Å². The number of carbonyl (C=O) groups is 1. The molecule has 0 spiro atoms. The van der Waals surface area contributed by atoms with E-state index in [4.69, 9.17) is 10.00 Å². The summed E-state index contributed by atoms with van der Waals surface area (Å²) in [5, 5.41) is 8.70. The molecule has 1 aliphatic heterocycles. The second-order valence-corrected chi connectivity index (χ2v) is 5.32. The molecule has 0 radical (unpaired) electrons. The maximum Gasteiger partial charge on any atom is 0.306 e. The third-order valence-electron chi connectivity index (χ3n) is 2.63. The fourth-order valence-electron chi connectivity index (χ4n) is 1.86. The monoisotopic (exact) mass is 224 g/mol. The van der Waals surface area contributed by atoms with E-state index in [2.05, 4.69) is 6.19 Å². The largest absolute Gasteiger partial charge is 0.460 e. The second kappa shape index (κ2) is 5.20. The number of nitrogens with zero attached hydrogens (tertiary/aromatic N) is 2. The summed E-state index contributed by atoms with van der Waals surface area (Å²) >= 11 is 0. The lowest BCUT2D eigenvalue weighted by Crippen LogP contribution is -2.32. The minimum Gasteiger partial charge on any atom is -0.460 e. The van der Waals surface area contributed by atoms with E-state index in [1.54, 1.807) is 4.90 Å². The molecule has 16 heavy (non-hydrogen) atoms. The van der Waals surface area contributed by atoms with Crippen molar-refractivity contribution in [3.63, 3.8) is 0 Å². The SMILES string of the molecule is CC(C)(C)OC(=O)CC1CCN(C#N)CC1. The van der Waals surface area contributed by atoms with Crippen LogP contribution in [0.5, 0.6) is 0 Å². The van der Waals surface area contributed by atoms with Crippen molar-refractivity contribution in [3.8, 4) is 6.19 Å². The highest BCUT2D eigenvalue weighted by atomic mass is 16.6. The van der Waals surface area contributed by atoms with Crippen LogP contribution in [0.4, 0.5) is 0 Å². The number of hydrogen-bond acceptors (Lipinski definition) is 4. The zero-order valence-corrected chi connectivity index (χ0v) is 10.3. The zero-order chi connectivity index (χ0) is 12.2. The molecule has 1 fully saturated rings. The molecule has 4 heteroatoms. The molecule has 0 aromatic carbocycles. The van der Waals surface area contributed by atoms with Crippen LogP contribution in [-0.2, 0) is 9.53 Å². The van der Waals surface area contributed by atoms with Gasteiger partial charge in [-0.15, -0.1) is 0 Å². The van der Waals surface area contributed by atoms with Crippen LogP contribution in [0, 0.1) is 17.4 Å². The van der Waals surface area contributed by atoms with Crippen LogP contribution >= 0.6 is 0 Å². The Labute approximate surface area is 97.2 Å². The van der Waals surface area contributed by atoms with Crippen molar-refractivity contribution in [2.45, 2.75) is 45.6 Å². The molecule has 0 aliphatic carbocycles. The molecule has 1 saturated heterocycles. The first-order chi connectivity index (χ1) is 7.40. The van der Waals surface area contributed by atoms with Gasteiger partial charge < -0.3 is 9.64 Å². The summed E-state index contributed by atoms with van der Waals surface area (Å²) in [7, 11) is 0. The van der Waals surface area contributed by atoms with E-state index in [-0.39, 0.29) is 5.97 Å². The highest BCUT2D eigenvalue weighted by Crippen LogP contribution is 2.21. The van der Waals surface area contributed by atoms with Gasteiger partial charge in [-0.25, -0.2) is 0 Å². The number of rotatable bonds is 2. The number of hydrogen-bond donors (Lipinski definition) is 0. The molecule has 0 aromatic heterocycles. The van der Waals surface area contributed by atoms with E-state index in [1.165, 1.54) is 0 Å². The number of likely N-dealkylation sites (tertiary alicyclic amines) is 1. The molecule has 1 aliphatic rings. The predicted octanol–water partition coefficient (Wildman–Crippen LogP) is 1.91. The Balaban J connectivity index is 2.29. The zero-order valence-electron chi connectivity index (χ0n) is 10.3. The average molecular weight is 224 g/mol. The maximum absolute atomic E-state index is 11.6. The Hall–Kier alpha value is -1.24. The van der Waals surface area contributed by atoms with Gasteiger partial charge in [0.05, 0.1) is 0 Å². The van der Waals surface area contributed by atoms with Gasteiger partial charge in [0.15, 0.2) is 6.19 Å². The average Bonchev–Trinajstić information content (AvgIpc) is 2.16. The van der Waals surface area contributed by atoms with Gasteiger partial charge in [0.2, 0.25) is 0 Å². The third kappa shape index (κ3) is 4.52. The Kier molecular flexibility index (Phi) is 4.17. The highest BCUT2D eigenvalue weighted by Gasteiger charge is 2.23. The fraction of sp³-hybridized carbons (Fsp3) is 0.833. The summed E-state index contributed by atoms with van der Waals surface area (Å²) in [6, 6.07) is 0. The first-order valence-corrected chi connectivity index (χ1v) is 5.77. The van der Waals surface area contributed by atoms with Crippen molar-refractivity contribution < 1.29 is 9.53 Å². The van der Waals surface area contributed by atoms with Crippen LogP contribution in [0.15, 0.2) is 0 Å². The number of piperidine rings is 1. The van der Waals surface area contributed by atoms with E-state index >= 15 is 0 Å². The molecule has 90 valence electrons. The van der Waals surface area contributed by atoms with E-state index in [9.17, 15) is 4.79 Å². The molecule has 0 atom stereocenters. The van der Waals surface area contributed by atoms with Crippen molar-refractivity contribution in [2.24, 2.45) is 5.92 Å². The van der Waals surface area contributed by atoms with Gasteiger partial charge >= 0.3 is 5.97 Å². The van der Waals surface area contributed by atoms with Crippen molar-refractivity contribution >= 4 is 5.97 Å². The van der Waals surface area contributed by atoms with Gasteiger partial charge in [0.25, 0.3) is 0 Å². The van der Waals surface area contributed by atoms with E-state index in [1.807, 2.05) is 20.8 Å². The normalized spacial score (nSPS) is 18.0. The molecule has 0 N–H and O–H groups in total. The lowest BCUT2D eigenvalue weighted by atomic mass is 9.94. The molecule has 1 heterocycles. The first-order valence-electron chi connectivity index (χ1n) is 5.77. The van der Waals surface area contributed by atoms with Crippen molar-refractivity contribution in [3.05, 3.63) is 0 Å². The number of carbonyl (C=O) groups excluding carboxylic acids is 1. The summed E-state index contributed by atoms with van der Waals surface area (Å²) in [6.07, 6.45) is 4.43. The minimum atomic E-state index is -0.398. The Morgan fingerprint density at radius 3 is 2.44 bits per heavy atom. The number of ether oxygens (including phenoxy) is 1. The molecule has 0 saturated carbocycles. The van der Waals surface area contributed by atoms with Gasteiger partial charge in [-0.3, -0.25) is 4.79 Å². The maximum atomic E-state index is 11.6. The van der Waals surface area contributed by atoms with Gasteiger partial charge in [0.1, 0.15) is 5.60 Å². The summed E-state index contributed by atoms with van der Waals surface area (Å²) in [4.78, 5) is 13.3. The van der Waals surface area contributed by atoms with Crippen LogP contribution in [-0.4, -0.2) is 29.6 Å². The second-order valence-electron chi connectivity index (χ2n) is 5.32. The molecule has 4 nitrogen and oxygen atoms in total. The molecular weight excluding hydrogens is 204 g/mol. The van der Waals surface area contributed by atoms with Crippen LogP contribution in [0.3, 0.4) is 0 Å². The molecule has 1 rings (SSSR count). The minimum absolute atomic E-state index is 0.122. The topological polar surface area (TPSA) is 53.3 Å². The molecule has 0 amide bonds. The quantitative estimate of drug-likeness (QED) is 0.531. The van der Waals surface area contributed by atoms with E-state index in [0.29, 0.717) is 12.3 Å². The van der Waals surface area contributed by atoms with Gasteiger partial charge in [-0.05, 0) is 39.5 Å². The van der Waals surface area contributed by atoms with E-state index in [0.717, 1.165) is 25.9 Å². The molecular formula is C12H20N2O2. The van der Waals surface area contributed by atoms with E-state index < -0.39 is 5.60 Å². The van der Waals surface area contributed by atoms with Crippen LogP contribution in [0.25, 0.3) is 0 Å². The first kappa shape index (κ1) is 12.8. The Morgan fingerprint density at radius 1 is 1.44 bits per heavy atom. The summed E-state index contributed by atoms with van der Waals surface area (Å²) in [5.74, 6) is 0.252. The highest BCUT2D eigenvalue weighted by molar-refractivity contribution is 5.70. The molecule has 0 bridgehead atoms. The van der Waals surface area contributed by atoms with Crippen molar-refractivity contribution in [2.75, 3.05) is 13.1 Å². The van der Waals surface area contributed by atoms with Crippen molar-refractivity contribution in [1.29, 1.82) is 5.26 Å². The third-order valence-corrected chi connectivity index (χ3v) is 2.63. The number of nitriles is 1. The smallest absolute Gasteiger partial charge is 0.306 e. The van der Waals surface area contributed by atoms with Gasteiger partial charge in [0, 0.05) is 19.5 Å².